The minimum absolute atomic E-state index is 0.0232. The number of amides is 1. The number of carbonyl (C=O) groups is 1. The molecule has 2 saturated carbocycles. The molecule has 0 unspecified atom stereocenters. The number of hydrogen-bond acceptors (Lipinski definition) is 3. The Morgan fingerprint density at radius 3 is 2.44 bits per heavy atom. The molecule has 0 atom stereocenters. The first kappa shape index (κ1) is 17.6. The molecule has 0 aromatic heterocycles. The maximum atomic E-state index is 12.3. The lowest BCUT2D eigenvalue weighted by Crippen LogP contribution is -2.58. The second-order valence-corrected chi connectivity index (χ2v) is 8.18. The van der Waals surface area contributed by atoms with Crippen LogP contribution in [0.25, 0.3) is 0 Å². The van der Waals surface area contributed by atoms with Crippen LogP contribution in [0.2, 0.25) is 0 Å². The van der Waals surface area contributed by atoms with E-state index in [-0.39, 0.29) is 18.1 Å². The molecule has 1 spiro atoms. The van der Waals surface area contributed by atoms with Crippen LogP contribution in [-0.4, -0.2) is 18.1 Å². The van der Waals surface area contributed by atoms with Gasteiger partial charge < -0.3 is 10.1 Å². The van der Waals surface area contributed by atoms with Gasteiger partial charge in [0.1, 0.15) is 5.75 Å². The van der Waals surface area contributed by atoms with E-state index in [9.17, 15) is 4.79 Å². The molecule has 4 heteroatoms. The average Bonchev–Trinajstić information content (AvgIpc) is 2.58. The van der Waals surface area contributed by atoms with Crippen molar-refractivity contribution in [3.63, 3.8) is 0 Å². The van der Waals surface area contributed by atoms with E-state index in [0.29, 0.717) is 11.0 Å². The van der Waals surface area contributed by atoms with Gasteiger partial charge in [-0.3, -0.25) is 4.79 Å². The summed E-state index contributed by atoms with van der Waals surface area (Å²) >= 11 is 0. The van der Waals surface area contributed by atoms with Crippen molar-refractivity contribution < 1.29 is 9.53 Å². The van der Waals surface area contributed by atoms with Gasteiger partial charge in [0.2, 0.25) is 0 Å². The molecule has 2 aromatic rings. The molecule has 0 saturated heterocycles. The predicted molar refractivity (Wildman–Crippen MR) is 104 cm³/mol. The molecular formula is C23H24N2O2. The van der Waals surface area contributed by atoms with Crippen molar-refractivity contribution in [2.75, 3.05) is 0 Å². The van der Waals surface area contributed by atoms with Gasteiger partial charge in [0, 0.05) is 11.6 Å². The highest BCUT2D eigenvalue weighted by Gasteiger charge is 2.54. The number of nitrogens with one attached hydrogen (secondary N) is 1. The van der Waals surface area contributed by atoms with Crippen molar-refractivity contribution in [1.82, 2.24) is 5.32 Å². The summed E-state index contributed by atoms with van der Waals surface area (Å²) in [6, 6.07) is 15.8. The molecule has 0 radical (unpaired) electrons. The smallest absolute Gasteiger partial charge is 0.251 e. The van der Waals surface area contributed by atoms with Crippen molar-refractivity contribution in [3.05, 3.63) is 64.7 Å². The number of ether oxygens (including phenoxy) is 1. The van der Waals surface area contributed by atoms with Gasteiger partial charge in [-0.25, -0.2) is 0 Å². The molecule has 0 bridgehead atoms. The second kappa shape index (κ2) is 6.74. The maximum absolute atomic E-state index is 12.3. The number of rotatable bonds is 4. The van der Waals surface area contributed by atoms with Crippen LogP contribution in [0, 0.1) is 30.6 Å². The molecule has 2 aliphatic rings. The van der Waals surface area contributed by atoms with E-state index < -0.39 is 0 Å². The molecule has 2 aromatic carbocycles. The van der Waals surface area contributed by atoms with E-state index >= 15 is 0 Å². The fourth-order valence-electron chi connectivity index (χ4n) is 4.41. The number of hydrogen-bond donors (Lipinski definition) is 1. The first-order valence-corrected chi connectivity index (χ1v) is 9.51. The van der Waals surface area contributed by atoms with Crippen molar-refractivity contribution in [2.45, 2.75) is 51.7 Å². The van der Waals surface area contributed by atoms with Crippen LogP contribution in [-0.2, 0) is 0 Å². The van der Waals surface area contributed by atoms with Crippen LogP contribution in [0.4, 0.5) is 0 Å². The third-order valence-electron chi connectivity index (χ3n) is 5.95. The molecule has 27 heavy (non-hydrogen) atoms. The number of nitriles is 1. The van der Waals surface area contributed by atoms with Crippen molar-refractivity contribution in [1.29, 1.82) is 5.26 Å². The van der Waals surface area contributed by atoms with E-state index in [0.717, 1.165) is 48.1 Å². The number of aryl methyl sites for hydroxylation is 2. The molecule has 4 nitrogen and oxygen atoms in total. The van der Waals surface area contributed by atoms with E-state index in [2.05, 4.69) is 11.4 Å². The monoisotopic (exact) mass is 360 g/mol. The fraction of sp³-hybridized carbons (Fsp3) is 0.391. The van der Waals surface area contributed by atoms with Gasteiger partial charge in [-0.1, -0.05) is 17.7 Å². The lowest BCUT2D eigenvalue weighted by Gasteiger charge is -2.57. The summed E-state index contributed by atoms with van der Waals surface area (Å²) < 4.78 is 6.06. The van der Waals surface area contributed by atoms with Crippen LogP contribution in [0.3, 0.4) is 0 Å². The summed E-state index contributed by atoms with van der Waals surface area (Å²) in [6.45, 7) is 3.95. The summed E-state index contributed by atoms with van der Waals surface area (Å²) in [5.74, 6) is 0.866. The Kier molecular flexibility index (Phi) is 4.39. The van der Waals surface area contributed by atoms with Crippen LogP contribution >= 0.6 is 0 Å². The van der Waals surface area contributed by atoms with Crippen LogP contribution in [0.15, 0.2) is 42.5 Å². The van der Waals surface area contributed by atoms with Crippen LogP contribution in [0.1, 0.15) is 52.7 Å². The topological polar surface area (TPSA) is 62.1 Å². The largest absolute Gasteiger partial charge is 0.490 e. The SMILES string of the molecule is Cc1ccc(C(=O)NC2CC3(C2)CC(Oc2ccc(C#N)c(C)c2)C3)cc1. The molecule has 2 aliphatic carbocycles. The van der Waals surface area contributed by atoms with E-state index in [1.54, 1.807) is 0 Å². The van der Waals surface area contributed by atoms with E-state index in [1.165, 1.54) is 0 Å². The molecular weight excluding hydrogens is 336 g/mol. The Labute approximate surface area is 160 Å². The van der Waals surface area contributed by atoms with Gasteiger partial charge in [0.15, 0.2) is 0 Å². The Hall–Kier alpha value is -2.80. The van der Waals surface area contributed by atoms with Crippen molar-refractivity contribution in [2.24, 2.45) is 5.41 Å². The summed E-state index contributed by atoms with van der Waals surface area (Å²) in [5, 5.41) is 12.2. The first-order chi connectivity index (χ1) is 13.0. The van der Waals surface area contributed by atoms with Crippen LogP contribution in [0.5, 0.6) is 5.75 Å². The van der Waals surface area contributed by atoms with Gasteiger partial charge in [-0.05, 0) is 80.8 Å². The van der Waals surface area contributed by atoms with Gasteiger partial charge in [-0.15, -0.1) is 0 Å². The quantitative estimate of drug-likeness (QED) is 0.884. The minimum Gasteiger partial charge on any atom is -0.490 e. The highest BCUT2D eigenvalue weighted by atomic mass is 16.5. The summed E-state index contributed by atoms with van der Waals surface area (Å²) in [4.78, 5) is 12.3. The van der Waals surface area contributed by atoms with Gasteiger partial charge in [0.05, 0.1) is 17.7 Å². The summed E-state index contributed by atoms with van der Waals surface area (Å²) in [5.41, 5.74) is 3.88. The van der Waals surface area contributed by atoms with Crippen molar-refractivity contribution >= 4 is 5.91 Å². The maximum Gasteiger partial charge on any atom is 0.251 e. The zero-order valence-corrected chi connectivity index (χ0v) is 15.8. The van der Waals surface area contributed by atoms with Gasteiger partial charge in [-0.2, -0.15) is 5.26 Å². The molecule has 0 aliphatic heterocycles. The number of nitrogens with zero attached hydrogens (tertiary/aromatic N) is 1. The third-order valence-corrected chi connectivity index (χ3v) is 5.95. The molecule has 138 valence electrons. The Bertz CT molecular complexity index is 897. The normalized spacial score (nSPS) is 25.8. The lowest BCUT2D eigenvalue weighted by atomic mass is 9.53. The Balaban J connectivity index is 1.24. The average molecular weight is 360 g/mol. The molecule has 1 amide bonds. The zero-order valence-electron chi connectivity index (χ0n) is 15.8. The number of carbonyl (C=O) groups excluding carboxylic acids is 1. The first-order valence-electron chi connectivity index (χ1n) is 9.51. The van der Waals surface area contributed by atoms with Crippen LogP contribution < -0.4 is 10.1 Å². The van der Waals surface area contributed by atoms with E-state index in [4.69, 9.17) is 10.00 Å². The molecule has 1 N–H and O–H groups in total. The molecule has 2 fully saturated rings. The predicted octanol–water partition coefficient (Wildman–Crippen LogP) is 4.30. The summed E-state index contributed by atoms with van der Waals surface area (Å²) in [6.07, 6.45) is 4.41. The summed E-state index contributed by atoms with van der Waals surface area (Å²) in [7, 11) is 0. The van der Waals surface area contributed by atoms with Crippen molar-refractivity contribution in [3.8, 4) is 11.8 Å². The fourth-order valence-corrected chi connectivity index (χ4v) is 4.41. The standard InChI is InChI=1S/C23H24N2O2/c1-15-3-5-17(6-4-15)22(26)25-19-10-23(11-19)12-21(13-23)27-20-8-7-18(14-24)16(2)9-20/h3-9,19,21H,10-13H2,1-2H3,(H,25,26). The highest BCUT2D eigenvalue weighted by molar-refractivity contribution is 5.94. The lowest BCUT2D eigenvalue weighted by molar-refractivity contribution is -0.0833. The Morgan fingerprint density at radius 1 is 1.11 bits per heavy atom. The second-order valence-electron chi connectivity index (χ2n) is 8.18. The minimum atomic E-state index is 0.0232. The molecule has 4 rings (SSSR count). The molecule has 0 heterocycles. The number of benzene rings is 2. The van der Waals surface area contributed by atoms with E-state index in [1.807, 2.05) is 56.3 Å². The van der Waals surface area contributed by atoms with Gasteiger partial charge >= 0.3 is 0 Å². The van der Waals surface area contributed by atoms with Gasteiger partial charge in [0.25, 0.3) is 5.91 Å². The zero-order chi connectivity index (χ0) is 19.0. The third kappa shape index (κ3) is 3.55. The highest BCUT2D eigenvalue weighted by Crippen LogP contribution is 2.56. The Morgan fingerprint density at radius 2 is 1.81 bits per heavy atom.